The van der Waals surface area contributed by atoms with Gasteiger partial charge in [0, 0.05) is 29.7 Å². The maximum Gasteiger partial charge on any atom is 0.248 e. The van der Waals surface area contributed by atoms with Gasteiger partial charge >= 0.3 is 0 Å². The second-order valence-corrected chi connectivity index (χ2v) is 5.62. The Morgan fingerprint density at radius 1 is 1.29 bits per heavy atom. The molecule has 0 saturated heterocycles. The van der Waals surface area contributed by atoms with E-state index in [1.165, 1.54) is 0 Å². The third kappa shape index (κ3) is 7.05. The van der Waals surface area contributed by atoms with Gasteiger partial charge in [-0.05, 0) is 50.8 Å². The van der Waals surface area contributed by atoms with Gasteiger partial charge in [0.2, 0.25) is 5.91 Å². The lowest BCUT2D eigenvalue weighted by molar-refractivity contribution is -0.111. The number of anilines is 2. The Labute approximate surface area is 144 Å². The largest absolute Gasteiger partial charge is 0.340 e. The Bertz CT molecular complexity index is 657. The molecule has 0 aromatic heterocycles. The summed E-state index contributed by atoms with van der Waals surface area (Å²) in [6.07, 6.45) is 5.17. The molecule has 5 heteroatoms. The monoisotopic (exact) mass is 326 g/mol. The minimum atomic E-state index is -0.148. The van der Waals surface area contributed by atoms with Gasteiger partial charge in [-0.2, -0.15) is 0 Å². The van der Waals surface area contributed by atoms with Gasteiger partial charge in [0.05, 0.1) is 0 Å². The standard InChI is InChI=1S/C19H26N4O/c1-6-21-13-15(4)19(20-5)23-17-9-7-8-16(12-17)22-18(24)11-10-14(2)3/h7-14,23H,5-6H2,1-4H3,(H,22,24)/b11-10+,19-15+,21-13?. The van der Waals surface area contributed by atoms with E-state index in [0.29, 0.717) is 24.0 Å². The Hall–Kier alpha value is -2.69. The Kier molecular flexibility index (Phi) is 8.19. The Morgan fingerprint density at radius 2 is 1.96 bits per heavy atom. The molecule has 1 aromatic carbocycles. The Morgan fingerprint density at radius 3 is 2.54 bits per heavy atom. The zero-order chi connectivity index (χ0) is 17.9. The third-order valence-electron chi connectivity index (χ3n) is 3.02. The summed E-state index contributed by atoms with van der Waals surface area (Å²) < 4.78 is 0. The lowest BCUT2D eigenvalue weighted by Gasteiger charge is -2.10. The summed E-state index contributed by atoms with van der Waals surface area (Å²) in [6, 6.07) is 7.44. The molecule has 0 aliphatic carbocycles. The first-order valence-electron chi connectivity index (χ1n) is 8.00. The summed E-state index contributed by atoms with van der Waals surface area (Å²) in [5.41, 5.74) is 2.41. The first-order valence-corrected chi connectivity index (χ1v) is 8.00. The molecule has 0 aliphatic heterocycles. The second-order valence-electron chi connectivity index (χ2n) is 5.62. The van der Waals surface area contributed by atoms with Crippen LogP contribution in [0.15, 0.2) is 57.8 Å². The molecular formula is C19H26N4O. The topological polar surface area (TPSA) is 65.8 Å². The summed E-state index contributed by atoms with van der Waals surface area (Å²) in [5.74, 6) is 0.822. The number of hydrogen-bond donors (Lipinski definition) is 2. The maximum absolute atomic E-state index is 11.9. The molecule has 1 amide bonds. The van der Waals surface area contributed by atoms with Crippen molar-refractivity contribution in [2.75, 3.05) is 17.2 Å². The van der Waals surface area contributed by atoms with E-state index in [9.17, 15) is 4.79 Å². The van der Waals surface area contributed by atoms with E-state index in [1.807, 2.05) is 58.0 Å². The summed E-state index contributed by atoms with van der Waals surface area (Å²) in [6.45, 7) is 12.2. The van der Waals surface area contributed by atoms with Gasteiger partial charge in [0.25, 0.3) is 0 Å². The average molecular weight is 326 g/mol. The smallest absolute Gasteiger partial charge is 0.248 e. The van der Waals surface area contributed by atoms with Crippen molar-refractivity contribution in [1.29, 1.82) is 0 Å². The van der Waals surface area contributed by atoms with Crippen LogP contribution in [0, 0.1) is 5.92 Å². The number of rotatable bonds is 8. The molecule has 0 atom stereocenters. The van der Waals surface area contributed by atoms with E-state index in [4.69, 9.17) is 0 Å². The van der Waals surface area contributed by atoms with Gasteiger partial charge in [-0.1, -0.05) is 26.0 Å². The molecule has 0 aliphatic rings. The molecule has 5 nitrogen and oxygen atoms in total. The first-order chi connectivity index (χ1) is 11.5. The molecule has 0 spiro atoms. The van der Waals surface area contributed by atoms with Crippen LogP contribution in [0.5, 0.6) is 0 Å². The van der Waals surface area contributed by atoms with Gasteiger partial charge in [-0.3, -0.25) is 9.79 Å². The zero-order valence-electron chi connectivity index (χ0n) is 14.8. The minimum absolute atomic E-state index is 0.148. The number of benzene rings is 1. The highest BCUT2D eigenvalue weighted by Crippen LogP contribution is 2.18. The first kappa shape index (κ1) is 19.4. The van der Waals surface area contributed by atoms with E-state index < -0.39 is 0 Å². The van der Waals surface area contributed by atoms with E-state index in [0.717, 1.165) is 11.3 Å². The van der Waals surface area contributed by atoms with Crippen molar-refractivity contribution in [3.8, 4) is 0 Å². The van der Waals surface area contributed by atoms with Crippen LogP contribution in [0.25, 0.3) is 0 Å². The fourth-order valence-electron chi connectivity index (χ4n) is 1.83. The predicted octanol–water partition coefficient (Wildman–Crippen LogP) is 4.27. The van der Waals surface area contributed by atoms with Gasteiger partial charge in [0.1, 0.15) is 5.82 Å². The molecule has 1 rings (SSSR count). The molecule has 128 valence electrons. The van der Waals surface area contributed by atoms with Crippen LogP contribution in [0.4, 0.5) is 11.4 Å². The van der Waals surface area contributed by atoms with E-state index in [-0.39, 0.29) is 5.91 Å². The number of nitrogens with one attached hydrogen (secondary N) is 2. The van der Waals surface area contributed by atoms with Crippen molar-refractivity contribution >= 4 is 30.2 Å². The molecule has 0 unspecified atom stereocenters. The fraction of sp³-hybridized carbons (Fsp3) is 0.316. The van der Waals surface area contributed by atoms with Gasteiger partial charge in [-0.25, -0.2) is 4.99 Å². The van der Waals surface area contributed by atoms with Crippen molar-refractivity contribution in [2.24, 2.45) is 15.9 Å². The van der Waals surface area contributed by atoms with Crippen molar-refractivity contribution in [2.45, 2.75) is 27.7 Å². The molecule has 1 aromatic rings. The molecule has 2 N–H and O–H groups in total. The molecule has 0 fully saturated rings. The lowest BCUT2D eigenvalue weighted by Crippen LogP contribution is -2.08. The van der Waals surface area contributed by atoms with Crippen LogP contribution in [0.1, 0.15) is 27.7 Å². The molecular weight excluding hydrogens is 300 g/mol. The quantitative estimate of drug-likeness (QED) is 0.553. The molecule has 0 bridgehead atoms. The van der Waals surface area contributed by atoms with Crippen LogP contribution in [0.3, 0.4) is 0 Å². The van der Waals surface area contributed by atoms with Crippen molar-refractivity contribution < 1.29 is 4.79 Å². The fourth-order valence-corrected chi connectivity index (χ4v) is 1.83. The van der Waals surface area contributed by atoms with Crippen LogP contribution in [-0.4, -0.2) is 25.4 Å². The number of aliphatic imine (C=N–C) groups is 2. The SMILES string of the molecule is C=N/C(Nc1cccc(NC(=O)/C=C/C(C)C)c1)=C(/C)C=NCC. The van der Waals surface area contributed by atoms with Gasteiger partial charge in [0.15, 0.2) is 0 Å². The summed E-state index contributed by atoms with van der Waals surface area (Å²) in [5, 5.41) is 6.03. The molecule has 0 saturated carbocycles. The molecule has 0 heterocycles. The normalized spacial score (nSPS) is 12.5. The molecule has 24 heavy (non-hydrogen) atoms. The van der Waals surface area contributed by atoms with Crippen LogP contribution < -0.4 is 10.6 Å². The van der Waals surface area contributed by atoms with Crippen LogP contribution >= 0.6 is 0 Å². The van der Waals surface area contributed by atoms with Gasteiger partial charge < -0.3 is 10.6 Å². The summed E-state index contributed by atoms with van der Waals surface area (Å²) >= 11 is 0. The van der Waals surface area contributed by atoms with Crippen molar-refractivity contribution in [1.82, 2.24) is 0 Å². The number of hydrogen-bond acceptors (Lipinski definition) is 4. The van der Waals surface area contributed by atoms with Gasteiger partial charge in [-0.15, -0.1) is 0 Å². The third-order valence-corrected chi connectivity index (χ3v) is 3.02. The number of allylic oxidation sites excluding steroid dienone is 2. The van der Waals surface area contributed by atoms with Crippen molar-refractivity contribution in [3.05, 3.63) is 47.8 Å². The lowest BCUT2D eigenvalue weighted by atomic mass is 10.2. The highest BCUT2D eigenvalue weighted by molar-refractivity contribution is 5.99. The highest BCUT2D eigenvalue weighted by Gasteiger charge is 2.03. The summed E-state index contributed by atoms with van der Waals surface area (Å²) in [7, 11) is 0. The van der Waals surface area contributed by atoms with Crippen LogP contribution in [-0.2, 0) is 4.79 Å². The number of carbonyl (C=O) groups excluding carboxylic acids is 1. The minimum Gasteiger partial charge on any atom is -0.340 e. The number of carbonyl (C=O) groups is 1. The average Bonchev–Trinajstić information content (AvgIpc) is 2.56. The van der Waals surface area contributed by atoms with E-state index in [2.05, 4.69) is 27.3 Å². The number of amides is 1. The maximum atomic E-state index is 11.9. The predicted molar refractivity (Wildman–Crippen MR) is 104 cm³/mol. The highest BCUT2D eigenvalue weighted by atomic mass is 16.1. The number of nitrogens with zero attached hydrogens (tertiary/aromatic N) is 2. The van der Waals surface area contributed by atoms with E-state index in [1.54, 1.807) is 12.3 Å². The summed E-state index contributed by atoms with van der Waals surface area (Å²) in [4.78, 5) is 20.1. The van der Waals surface area contributed by atoms with Crippen LogP contribution in [0.2, 0.25) is 0 Å². The Balaban J connectivity index is 2.86. The van der Waals surface area contributed by atoms with E-state index >= 15 is 0 Å². The second kappa shape index (κ2) is 10.2. The molecule has 0 radical (unpaired) electrons. The zero-order valence-corrected chi connectivity index (χ0v) is 14.8. The van der Waals surface area contributed by atoms with Crippen molar-refractivity contribution in [3.63, 3.8) is 0 Å².